The quantitative estimate of drug-likeness (QED) is 0.781. The summed E-state index contributed by atoms with van der Waals surface area (Å²) in [5.74, 6) is 1.03. The predicted molar refractivity (Wildman–Crippen MR) is 88.9 cm³/mol. The molecule has 0 aliphatic rings. The predicted octanol–water partition coefficient (Wildman–Crippen LogP) is 3.99. The first kappa shape index (κ1) is 13.9. The Bertz CT molecular complexity index is 801. The number of fused-ring (bicyclic) bond motifs is 1. The summed E-state index contributed by atoms with van der Waals surface area (Å²) in [6.07, 6.45) is 1.85. The van der Waals surface area contributed by atoms with Crippen molar-refractivity contribution < 1.29 is 0 Å². The molecule has 3 rings (SSSR count). The van der Waals surface area contributed by atoms with Gasteiger partial charge in [0, 0.05) is 5.39 Å². The van der Waals surface area contributed by atoms with Gasteiger partial charge in [-0.25, -0.2) is 15.0 Å². The summed E-state index contributed by atoms with van der Waals surface area (Å²) < 4.78 is 0.786. The highest BCUT2D eigenvalue weighted by molar-refractivity contribution is 9.10. The largest absolute Gasteiger partial charge is 0.383 e. The number of nitrogens with zero attached hydrogens (tertiary/aromatic N) is 3. The van der Waals surface area contributed by atoms with Crippen LogP contribution in [0.2, 0.25) is 0 Å². The number of hydrogen-bond donors (Lipinski definition) is 1. The molecule has 1 aromatic carbocycles. The summed E-state index contributed by atoms with van der Waals surface area (Å²) >= 11 is 3.46. The molecule has 0 amide bonds. The first-order valence-corrected chi connectivity index (χ1v) is 7.66. The summed E-state index contributed by atoms with van der Waals surface area (Å²) in [7, 11) is 0. The average Bonchev–Trinajstić information content (AvgIpc) is 2.51. The molecule has 2 N–H and O–H groups in total. The van der Waals surface area contributed by atoms with Crippen LogP contribution in [0, 0.1) is 0 Å². The first-order valence-electron chi connectivity index (χ1n) is 6.87. The number of halogens is 1. The normalized spacial score (nSPS) is 11.0. The Morgan fingerprint density at radius 1 is 1.05 bits per heavy atom. The molecule has 5 heteroatoms. The van der Waals surface area contributed by atoms with Crippen LogP contribution >= 0.6 is 15.9 Å². The number of anilines is 1. The van der Waals surface area contributed by atoms with Gasteiger partial charge in [0.1, 0.15) is 11.5 Å². The Labute approximate surface area is 131 Å². The number of nitrogens with two attached hydrogens (primary N) is 1. The third kappa shape index (κ3) is 2.74. The number of aromatic nitrogens is 3. The molecule has 0 saturated carbocycles. The van der Waals surface area contributed by atoms with Crippen LogP contribution in [0.25, 0.3) is 22.4 Å². The van der Waals surface area contributed by atoms with E-state index in [0.29, 0.717) is 11.6 Å². The zero-order valence-electron chi connectivity index (χ0n) is 11.7. The van der Waals surface area contributed by atoms with Crippen LogP contribution in [-0.4, -0.2) is 15.0 Å². The lowest BCUT2D eigenvalue weighted by atomic mass is 10.2. The van der Waals surface area contributed by atoms with E-state index in [-0.39, 0.29) is 0 Å². The molecule has 0 spiro atoms. The zero-order valence-corrected chi connectivity index (χ0v) is 13.3. The number of benzene rings is 1. The van der Waals surface area contributed by atoms with E-state index in [2.05, 4.69) is 37.8 Å². The fraction of sp³-hybridized carbons (Fsp3) is 0.188. The standard InChI is InChI=1S/C16H15BrN4/c1-2-5-12-14(17)15(18)21-16(20-12)13-9-8-10-6-3-4-7-11(10)19-13/h3-4,6-9H,2,5H2,1H3,(H2,18,20,21). The number of rotatable bonds is 3. The minimum absolute atomic E-state index is 0.457. The minimum atomic E-state index is 0.457. The van der Waals surface area contributed by atoms with Crippen LogP contribution in [0.1, 0.15) is 19.0 Å². The minimum Gasteiger partial charge on any atom is -0.383 e. The van der Waals surface area contributed by atoms with Crippen molar-refractivity contribution in [3.8, 4) is 11.5 Å². The van der Waals surface area contributed by atoms with Crippen molar-refractivity contribution in [3.05, 3.63) is 46.6 Å². The van der Waals surface area contributed by atoms with Crippen molar-refractivity contribution >= 4 is 32.7 Å². The van der Waals surface area contributed by atoms with Crippen LogP contribution in [-0.2, 0) is 6.42 Å². The number of para-hydroxylation sites is 1. The second-order valence-corrected chi connectivity index (χ2v) is 5.63. The molecular formula is C16H15BrN4. The molecular weight excluding hydrogens is 328 g/mol. The molecule has 2 heterocycles. The van der Waals surface area contributed by atoms with Crippen LogP contribution in [0.15, 0.2) is 40.9 Å². The van der Waals surface area contributed by atoms with Gasteiger partial charge in [0.05, 0.1) is 15.7 Å². The zero-order chi connectivity index (χ0) is 14.8. The number of aryl methyl sites for hydroxylation is 1. The molecule has 0 radical (unpaired) electrons. The average molecular weight is 343 g/mol. The van der Waals surface area contributed by atoms with Crippen molar-refractivity contribution in [2.45, 2.75) is 19.8 Å². The van der Waals surface area contributed by atoms with Crippen molar-refractivity contribution in [3.63, 3.8) is 0 Å². The number of nitrogen functional groups attached to an aromatic ring is 1. The van der Waals surface area contributed by atoms with E-state index in [1.54, 1.807) is 0 Å². The molecule has 0 bridgehead atoms. The monoisotopic (exact) mass is 342 g/mol. The van der Waals surface area contributed by atoms with Gasteiger partial charge in [0.2, 0.25) is 0 Å². The third-order valence-corrected chi connectivity index (χ3v) is 4.12. The van der Waals surface area contributed by atoms with Gasteiger partial charge in [-0.2, -0.15) is 0 Å². The van der Waals surface area contributed by atoms with Crippen molar-refractivity contribution in [1.82, 2.24) is 15.0 Å². The maximum atomic E-state index is 5.98. The summed E-state index contributed by atoms with van der Waals surface area (Å²) in [5, 5.41) is 1.10. The Morgan fingerprint density at radius 2 is 1.86 bits per heavy atom. The maximum Gasteiger partial charge on any atom is 0.180 e. The van der Waals surface area contributed by atoms with Crippen LogP contribution in [0.4, 0.5) is 5.82 Å². The van der Waals surface area contributed by atoms with E-state index in [1.807, 2.05) is 36.4 Å². The van der Waals surface area contributed by atoms with Gasteiger partial charge in [-0.1, -0.05) is 37.6 Å². The van der Waals surface area contributed by atoms with Gasteiger partial charge in [0.25, 0.3) is 0 Å². The smallest absolute Gasteiger partial charge is 0.180 e. The highest BCUT2D eigenvalue weighted by Gasteiger charge is 2.12. The Hall–Kier alpha value is -2.01. The summed E-state index contributed by atoms with van der Waals surface area (Å²) in [6.45, 7) is 2.11. The van der Waals surface area contributed by atoms with Crippen LogP contribution in [0.3, 0.4) is 0 Å². The van der Waals surface area contributed by atoms with E-state index in [0.717, 1.165) is 39.6 Å². The molecule has 2 aromatic heterocycles. The van der Waals surface area contributed by atoms with E-state index < -0.39 is 0 Å². The molecule has 21 heavy (non-hydrogen) atoms. The van der Waals surface area contributed by atoms with E-state index in [4.69, 9.17) is 5.73 Å². The molecule has 0 unspecified atom stereocenters. The fourth-order valence-electron chi connectivity index (χ4n) is 2.22. The van der Waals surface area contributed by atoms with Gasteiger partial charge in [-0.3, -0.25) is 0 Å². The fourth-order valence-corrected chi connectivity index (χ4v) is 2.60. The van der Waals surface area contributed by atoms with Crippen LogP contribution < -0.4 is 5.73 Å². The molecule has 0 atom stereocenters. The summed E-state index contributed by atoms with van der Waals surface area (Å²) in [6, 6.07) is 11.9. The molecule has 106 valence electrons. The molecule has 3 aromatic rings. The highest BCUT2D eigenvalue weighted by Crippen LogP contribution is 2.26. The maximum absolute atomic E-state index is 5.98. The van der Waals surface area contributed by atoms with E-state index in [9.17, 15) is 0 Å². The molecule has 0 saturated heterocycles. The number of hydrogen-bond acceptors (Lipinski definition) is 4. The van der Waals surface area contributed by atoms with Crippen molar-refractivity contribution in [2.24, 2.45) is 0 Å². The molecule has 0 fully saturated rings. The Balaban J connectivity index is 2.13. The van der Waals surface area contributed by atoms with Gasteiger partial charge in [-0.15, -0.1) is 0 Å². The highest BCUT2D eigenvalue weighted by atomic mass is 79.9. The lowest BCUT2D eigenvalue weighted by molar-refractivity contribution is 0.869. The van der Waals surface area contributed by atoms with Crippen LogP contribution in [0.5, 0.6) is 0 Å². The Kier molecular flexibility index (Phi) is 3.84. The summed E-state index contributed by atoms with van der Waals surface area (Å²) in [4.78, 5) is 13.6. The van der Waals surface area contributed by atoms with Gasteiger partial charge in [-0.05, 0) is 34.5 Å². The summed E-state index contributed by atoms with van der Waals surface area (Å²) in [5.41, 5.74) is 8.57. The van der Waals surface area contributed by atoms with Gasteiger partial charge >= 0.3 is 0 Å². The van der Waals surface area contributed by atoms with E-state index in [1.165, 1.54) is 0 Å². The lowest BCUT2D eigenvalue weighted by Gasteiger charge is -2.08. The Morgan fingerprint density at radius 3 is 2.67 bits per heavy atom. The van der Waals surface area contributed by atoms with Crippen molar-refractivity contribution in [2.75, 3.05) is 5.73 Å². The van der Waals surface area contributed by atoms with E-state index >= 15 is 0 Å². The van der Waals surface area contributed by atoms with Gasteiger partial charge < -0.3 is 5.73 Å². The molecule has 4 nitrogen and oxygen atoms in total. The molecule has 0 aliphatic heterocycles. The van der Waals surface area contributed by atoms with Crippen molar-refractivity contribution in [1.29, 1.82) is 0 Å². The topological polar surface area (TPSA) is 64.7 Å². The van der Waals surface area contributed by atoms with Gasteiger partial charge in [0.15, 0.2) is 5.82 Å². The first-order chi connectivity index (χ1) is 10.2. The SMILES string of the molecule is CCCc1nc(-c2ccc3ccccc3n2)nc(N)c1Br. The second-order valence-electron chi connectivity index (χ2n) is 4.83. The number of pyridine rings is 1. The lowest BCUT2D eigenvalue weighted by Crippen LogP contribution is -2.03. The second kappa shape index (κ2) is 5.77. The molecule has 0 aliphatic carbocycles. The third-order valence-electron chi connectivity index (χ3n) is 3.26.